The van der Waals surface area contributed by atoms with E-state index in [9.17, 15) is 19.1 Å². The second kappa shape index (κ2) is 9.54. The van der Waals surface area contributed by atoms with Crippen LogP contribution in [0.25, 0.3) is 10.2 Å². The van der Waals surface area contributed by atoms with Gasteiger partial charge in [-0.15, -0.1) is 11.3 Å². The average Bonchev–Trinajstić information content (AvgIpc) is 3.49. The van der Waals surface area contributed by atoms with Crippen molar-refractivity contribution in [3.05, 3.63) is 16.2 Å². The molecular formula is C19H25ClFN3O8P2S. The first-order valence-electron chi connectivity index (χ1n) is 11.1. The van der Waals surface area contributed by atoms with Crippen LogP contribution >= 0.6 is 38.1 Å². The first-order chi connectivity index (χ1) is 16.4. The van der Waals surface area contributed by atoms with E-state index in [-0.39, 0.29) is 5.28 Å². The summed E-state index contributed by atoms with van der Waals surface area (Å²) >= 11 is 7.56. The van der Waals surface area contributed by atoms with Gasteiger partial charge in [-0.3, -0.25) is 9.13 Å². The summed E-state index contributed by atoms with van der Waals surface area (Å²) in [5.74, 6) is 0.543. The van der Waals surface area contributed by atoms with Gasteiger partial charge in [-0.1, -0.05) is 6.42 Å². The molecule has 3 unspecified atom stereocenters. The third-order valence-corrected chi connectivity index (χ3v) is 11.5. The highest BCUT2D eigenvalue weighted by atomic mass is 35.5. The lowest BCUT2D eigenvalue weighted by molar-refractivity contribution is -0.0180. The Morgan fingerprint density at radius 2 is 1.91 bits per heavy atom. The maximum atomic E-state index is 15.1. The predicted octanol–water partition coefficient (Wildman–Crippen LogP) is 3.06. The Bertz CT molecular complexity index is 1200. The maximum Gasteiger partial charge on any atom is 0.340 e. The van der Waals surface area contributed by atoms with Gasteiger partial charge in [-0.05, 0) is 41.7 Å². The van der Waals surface area contributed by atoms with E-state index in [1.807, 2.05) is 0 Å². The molecule has 2 aliphatic heterocycles. The average molecular weight is 572 g/mol. The molecule has 0 amide bonds. The number of halogens is 2. The number of alkyl halides is 1. The number of anilines is 1. The molecule has 3 fully saturated rings. The largest absolute Gasteiger partial charge is 0.387 e. The minimum Gasteiger partial charge on any atom is -0.387 e. The van der Waals surface area contributed by atoms with Crippen LogP contribution in [0, 0.1) is 11.8 Å². The van der Waals surface area contributed by atoms with Crippen molar-refractivity contribution >= 4 is 54.2 Å². The Hall–Kier alpha value is -0.720. The van der Waals surface area contributed by atoms with Crippen LogP contribution in [-0.4, -0.2) is 73.7 Å². The summed E-state index contributed by atoms with van der Waals surface area (Å²) in [7, 11) is -9.51. The van der Waals surface area contributed by atoms with Gasteiger partial charge in [-0.2, -0.15) is 4.98 Å². The van der Waals surface area contributed by atoms with Gasteiger partial charge in [-0.25, -0.2) is 9.37 Å². The molecule has 0 bridgehead atoms. The number of hydrogen-bond donors (Lipinski definition) is 4. The van der Waals surface area contributed by atoms with Gasteiger partial charge in [0.1, 0.15) is 18.3 Å². The number of hydrogen-bond acceptors (Lipinski definition) is 9. The molecule has 0 spiro atoms. The summed E-state index contributed by atoms with van der Waals surface area (Å²) in [6.45, 7) is 1.02. The van der Waals surface area contributed by atoms with E-state index in [1.165, 1.54) is 30.6 Å². The van der Waals surface area contributed by atoms with Crippen molar-refractivity contribution in [2.45, 2.75) is 43.7 Å². The summed E-state index contributed by atoms with van der Waals surface area (Å²) < 4.78 is 49.1. The molecular weight excluding hydrogens is 547 g/mol. The van der Waals surface area contributed by atoms with E-state index in [2.05, 4.69) is 14.9 Å². The van der Waals surface area contributed by atoms with E-state index in [0.717, 1.165) is 17.8 Å². The second-order valence-electron chi connectivity index (χ2n) is 9.31. The summed E-state index contributed by atoms with van der Waals surface area (Å²) in [6.07, 6.45) is -2.56. The molecule has 2 saturated heterocycles. The van der Waals surface area contributed by atoms with Crippen molar-refractivity contribution in [2.75, 3.05) is 30.5 Å². The fourth-order valence-corrected chi connectivity index (χ4v) is 9.07. The Morgan fingerprint density at radius 3 is 2.57 bits per heavy atom. The fraction of sp³-hybridized carbons (Fsp3) is 0.684. The molecule has 0 aromatic carbocycles. The smallest absolute Gasteiger partial charge is 0.340 e. The van der Waals surface area contributed by atoms with Crippen molar-refractivity contribution in [1.82, 2.24) is 9.97 Å². The van der Waals surface area contributed by atoms with E-state index in [4.69, 9.17) is 30.6 Å². The van der Waals surface area contributed by atoms with Crippen molar-refractivity contribution in [3.63, 3.8) is 0 Å². The van der Waals surface area contributed by atoms with Gasteiger partial charge in [0.05, 0.1) is 16.8 Å². The summed E-state index contributed by atoms with van der Waals surface area (Å²) in [6, 6.07) is 0. The molecule has 35 heavy (non-hydrogen) atoms. The van der Waals surface area contributed by atoms with Crippen LogP contribution in [-0.2, 0) is 18.4 Å². The number of rotatable bonds is 7. The molecule has 1 saturated carbocycles. The number of fused-ring (bicyclic) bond motifs is 2. The zero-order chi connectivity index (χ0) is 25.1. The van der Waals surface area contributed by atoms with Gasteiger partial charge in [0.25, 0.3) is 0 Å². The molecule has 11 nitrogen and oxygen atoms in total. The number of nitrogens with zero attached hydrogens (tertiary/aromatic N) is 3. The first-order valence-corrected chi connectivity index (χ1v) is 15.9. The van der Waals surface area contributed by atoms with Gasteiger partial charge < -0.3 is 33.9 Å². The van der Waals surface area contributed by atoms with Crippen LogP contribution < -0.4 is 4.90 Å². The molecule has 4 heterocycles. The van der Waals surface area contributed by atoms with Crippen LogP contribution in [0.5, 0.6) is 0 Å². The summed E-state index contributed by atoms with van der Waals surface area (Å²) in [4.78, 5) is 38.4. The molecule has 16 heteroatoms. The lowest BCUT2D eigenvalue weighted by atomic mass is 10.0. The number of aromatic nitrogens is 2. The van der Waals surface area contributed by atoms with Crippen molar-refractivity contribution in [2.24, 2.45) is 11.8 Å². The third kappa shape index (κ3) is 5.31. The SMILES string of the molecule is O=P(O)(O)CP(=O)(O)OC[C@H]1O[C@@H](c2csc3c(N4CC5CCCC5C4)nc(Cl)nc23)[C@@H](F)[C@@H]1O. The highest BCUT2D eigenvalue weighted by molar-refractivity contribution is 7.70. The Balaban J connectivity index is 1.36. The van der Waals surface area contributed by atoms with Crippen LogP contribution in [0.4, 0.5) is 10.2 Å². The molecule has 3 aliphatic rings. The molecule has 2 aromatic rings. The first kappa shape index (κ1) is 25.9. The zero-order valence-corrected chi connectivity index (χ0v) is 21.7. The van der Waals surface area contributed by atoms with Gasteiger partial charge in [0.15, 0.2) is 17.9 Å². The molecule has 2 aromatic heterocycles. The topological polar surface area (TPSA) is 163 Å². The Morgan fingerprint density at radius 1 is 1.23 bits per heavy atom. The lowest BCUT2D eigenvalue weighted by Gasteiger charge is -2.19. The maximum absolute atomic E-state index is 15.1. The van der Waals surface area contributed by atoms with Crippen molar-refractivity contribution < 1.29 is 42.6 Å². The van der Waals surface area contributed by atoms with Crippen molar-refractivity contribution in [3.8, 4) is 0 Å². The number of thiophene rings is 1. The highest BCUT2D eigenvalue weighted by Gasteiger charge is 2.47. The predicted molar refractivity (Wildman–Crippen MR) is 127 cm³/mol. The molecule has 7 atom stereocenters. The fourth-order valence-electron chi connectivity index (χ4n) is 5.29. The monoisotopic (exact) mass is 571 g/mol. The minimum atomic E-state index is -4.82. The minimum absolute atomic E-state index is 0.0108. The van der Waals surface area contributed by atoms with Crippen LogP contribution in [0.2, 0.25) is 5.28 Å². The van der Waals surface area contributed by atoms with Gasteiger partial charge >= 0.3 is 15.2 Å². The summed E-state index contributed by atoms with van der Waals surface area (Å²) in [5, 5.41) is 12.0. The molecule has 0 radical (unpaired) electrons. The molecule has 1 aliphatic carbocycles. The third-order valence-electron chi connectivity index (χ3n) is 6.85. The van der Waals surface area contributed by atoms with Crippen molar-refractivity contribution in [1.29, 1.82) is 0 Å². The molecule has 4 N–H and O–H groups in total. The normalized spacial score (nSPS) is 32.9. The van der Waals surface area contributed by atoms with Gasteiger partial charge in [0, 0.05) is 18.7 Å². The zero-order valence-electron chi connectivity index (χ0n) is 18.3. The Kier molecular flexibility index (Phi) is 7.06. The number of aliphatic hydroxyl groups is 1. The van der Waals surface area contributed by atoms with Gasteiger partial charge in [0.2, 0.25) is 5.28 Å². The van der Waals surface area contributed by atoms with E-state index < -0.39 is 52.2 Å². The van der Waals surface area contributed by atoms with Crippen LogP contribution in [0.1, 0.15) is 30.9 Å². The molecule has 194 valence electrons. The quantitative estimate of drug-likeness (QED) is 0.285. The Labute approximate surface area is 208 Å². The van der Waals surface area contributed by atoms with Crippen LogP contribution in [0.15, 0.2) is 5.38 Å². The summed E-state index contributed by atoms with van der Waals surface area (Å²) in [5.41, 5.74) is 0.782. The van der Waals surface area contributed by atoms with E-state index in [1.54, 1.807) is 5.38 Å². The van der Waals surface area contributed by atoms with E-state index >= 15 is 4.39 Å². The standard InChI is InChI=1S/C19H25ClFN3O8P2S/c20-19-22-14-11(7-35-17(14)18(23-19)24-4-9-2-1-3-10(9)5-24)16-13(21)15(25)12(32-16)6-31-34(29,30)8-33(26,27)28/h7,9-10,12-13,15-16,25H,1-6,8H2,(H,29,30)(H2,26,27,28)/t9?,10?,12-,13+,15-,16+/m1/s1. The highest BCUT2D eigenvalue weighted by Crippen LogP contribution is 2.56. The number of aliphatic hydroxyl groups excluding tert-OH is 1. The van der Waals surface area contributed by atoms with Crippen LogP contribution in [0.3, 0.4) is 0 Å². The van der Waals surface area contributed by atoms with E-state index in [0.29, 0.717) is 28.7 Å². The second-order valence-corrected chi connectivity index (χ2v) is 14.5. The molecule has 5 rings (SSSR count). The lowest BCUT2D eigenvalue weighted by Crippen LogP contribution is -2.31. The number of ether oxygens (including phenoxy) is 1.